The Labute approximate surface area is 143 Å². The van der Waals surface area contributed by atoms with Crippen LogP contribution in [0.5, 0.6) is 0 Å². The van der Waals surface area contributed by atoms with E-state index >= 15 is 0 Å². The number of piperidine rings is 1. The summed E-state index contributed by atoms with van der Waals surface area (Å²) in [5.41, 5.74) is 0.404. The number of anilines is 1. The van der Waals surface area contributed by atoms with Crippen LogP contribution in [0.15, 0.2) is 12.1 Å². The monoisotopic (exact) mass is 364 g/mol. The van der Waals surface area contributed by atoms with Crippen molar-refractivity contribution in [2.75, 3.05) is 25.0 Å². The van der Waals surface area contributed by atoms with Gasteiger partial charge in [0.05, 0.1) is 33.2 Å². The number of carboxylic acids is 1. The summed E-state index contributed by atoms with van der Waals surface area (Å²) in [7, 11) is 0. The third kappa shape index (κ3) is 4.49. The SMILES string of the molecule is O=C(CN1CCC(C(=O)O)CC1)Nc1cc(Cl)c(Cl)cc1Cl. The zero-order valence-electron chi connectivity index (χ0n) is 11.6. The first-order valence-electron chi connectivity index (χ1n) is 6.76. The molecule has 2 N–H and O–H groups in total. The molecule has 22 heavy (non-hydrogen) atoms. The van der Waals surface area contributed by atoms with Crippen LogP contribution >= 0.6 is 34.8 Å². The lowest BCUT2D eigenvalue weighted by Crippen LogP contribution is -2.40. The maximum absolute atomic E-state index is 12.0. The lowest BCUT2D eigenvalue weighted by atomic mass is 9.97. The van der Waals surface area contributed by atoms with Crippen molar-refractivity contribution in [3.8, 4) is 0 Å². The lowest BCUT2D eigenvalue weighted by Gasteiger charge is -2.29. The number of carbonyl (C=O) groups excluding carboxylic acids is 1. The van der Waals surface area contributed by atoms with E-state index in [0.717, 1.165) is 0 Å². The molecule has 1 amide bonds. The molecule has 0 saturated carbocycles. The van der Waals surface area contributed by atoms with Gasteiger partial charge in [0.25, 0.3) is 0 Å². The van der Waals surface area contributed by atoms with E-state index in [9.17, 15) is 9.59 Å². The number of rotatable bonds is 4. The molecular weight excluding hydrogens is 351 g/mol. The number of benzene rings is 1. The number of amides is 1. The highest BCUT2D eigenvalue weighted by atomic mass is 35.5. The quantitative estimate of drug-likeness (QED) is 0.803. The molecule has 8 heteroatoms. The molecule has 1 saturated heterocycles. The van der Waals surface area contributed by atoms with Crippen LogP contribution in [0.3, 0.4) is 0 Å². The van der Waals surface area contributed by atoms with Crippen molar-refractivity contribution in [3.63, 3.8) is 0 Å². The molecule has 5 nitrogen and oxygen atoms in total. The van der Waals surface area contributed by atoms with Gasteiger partial charge in [-0.3, -0.25) is 14.5 Å². The van der Waals surface area contributed by atoms with Gasteiger partial charge in [0.15, 0.2) is 0 Å². The van der Waals surface area contributed by atoms with Crippen molar-refractivity contribution in [1.29, 1.82) is 0 Å². The number of halogens is 3. The highest BCUT2D eigenvalue weighted by Gasteiger charge is 2.25. The van der Waals surface area contributed by atoms with Crippen LogP contribution in [-0.2, 0) is 9.59 Å². The zero-order chi connectivity index (χ0) is 16.3. The highest BCUT2D eigenvalue weighted by molar-refractivity contribution is 6.44. The van der Waals surface area contributed by atoms with Gasteiger partial charge in [-0.1, -0.05) is 34.8 Å². The second-order valence-electron chi connectivity index (χ2n) is 5.18. The first-order valence-corrected chi connectivity index (χ1v) is 7.89. The molecule has 0 aliphatic carbocycles. The largest absolute Gasteiger partial charge is 0.481 e. The van der Waals surface area contributed by atoms with Crippen molar-refractivity contribution < 1.29 is 14.7 Å². The number of hydrogen-bond donors (Lipinski definition) is 2. The Morgan fingerprint density at radius 2 is 1.73 bits per heavy atom. The Balaban J connectivity index is 1.89. The average Bonchev–Trinajstić information content (AvgIpc) is 2.45. The molecule has 0 unspecified atom stereocenters. The molecule has 1 aliphatic rings. The molecule has 0 radical (unpaired) electrons. The summed E-state index contributed by atoms with van der Waals surface area (Å²) in [6.45, 7) is 1.35. The Morgan fingerprint density at radius 1 is 1.14 bits per heavy atom. The molecule has 0 spiro atoms. The summed E-state index contributed by atoms with van der Waals surface area (Å²) < 4.78 is 0. The van der Waals surface area contributed by atoms with E-state index in [2.05, 4.69) is 5.32 Å². The number of nitrogens with one attached hydrogen (secondary N) is 1. The number of carbonyl (C=O) groups is 2. The molecule has 0 aromatic heterocycles. The Kier molecular flexibility index (Phi) is 5.92. The normalized spacial score (nSPS) is 16.5. The predicted octanol–water partition coefficient (Wildman–Crippen LogP) is 3.38. The number of hydrogen-bond acceptors (Lipinski definition) is 3. The summed E-state index contributed by atoms with van der Waals surface area (Å²) in [6, 6.07) is 2.97. The highest BCUT2D eigenvalue weighted by Crippen LogP contribution is 2.32. The fourth-order valence-electron chi connectivity index (χ4n) is 2.35. The van der Waals surface area contributed by atoms with E-state index in [1.165, 1.54) is 12.1 Å². The van der Waals surface area contributed by atoms with Crippen molar-refractivity contribution >= 4 is 52.4 Å². The molecule has 1 aliphatic heterocycles. The van der Waals surface area contributed by atoms with Crippen molar-refractivity contribution in [2.45, 2.75) is 12.8 Å². The van der Waals surface area contributed by atoms with E-state index < -0.39 is 5.97 Å². The first kappa shape index (κ1) is 17.3. The number of aliphatic carboxylic acids is 1. The molecule has 2 rings (SSSR count). The van der Waals surface area contributed by atoms with Crippen LogP contribution in [0.25, 0.3) is 0 Å². The summed E-state index contributed by atoms with van der Waals surface area (Å²) in [4.78, 5) is 24.8. The van der Waals surface area contributed by atoms with Crippen molar-refractivity contribution in [3.05, 3.63) is 27.2 Å². The summed E-state index contributed by atoms with van der Waals surface area (Å²) >= 11 is 17.7. The second-order valence-corrected chi connectivity index (χ2v) is 6.40. The lowest BCUT2D eigenvalue weighted by molar-refractivity contribution is -0.143. The summed E-state index contributed by atoms with van der Waals surface area (Å²) in [5.74, 6) is -1.32. The third-order valence-corrected chi connectivity index (χ3v) is 4.62. The first-order chi connectivity index (χ1) is 10.4. The van der Waals surface area contributed by atoms with Gasteiger partial charge in [-0.2, -0.15) is 0 Å². The predicted molar refractivity (Wildman–Crippen MR) is 86.9 cm³/mol. The van der Waals surface area contributed by atoms with E-state index in [4.69, 9.17) is 39.9 Å². The van der Waals surface area contributed by atoms with Gasteiger partial charge in [-0.15, -0.1) is 0 Å². The second kappa shape index (κ2) is 7.51. The standard InChI is InChI=1S/C14H15Cl3N2O3/c15-9-5-11(17)12(6-10(9)16)18-13(20)7-19-3-1-8(2-4-19)14(21)22/h5-6,8H,1-4,7H2,(H,18,20)(H,21,22). The topological polar surface area (TPSA) is 69.6 Å². The van der Waals surface area contributed by atoms with Crippen molar-refractivity contribution in [1.82, 2.24) is 4.90 Å². The van der Waals surface area contributed by atoms with Crippen LogP contribution in [0.1, 0.15) is 12.8 Å². The fourth-order valence-corrected chi connectivity index (χ4v) is 2.94. The van der Waals surface area contributed by atoms with E-state index in [1.807, 2.05) is 4.90 Å². The zero-order valence-corrected chi connectivity index (χ0v) is 13.9. The molecule has 120 valence electrons. The summed E-state index contributed by atoms with van der Waals surface area (Å²) in [5, 5.41) is 12.6. The van der Waals surface area contributed by atoms with Gasteiger partial charge in [0.1, 0.15) is 0 Å². The van der Waals surface area contributed by atoms with Gasteiger partial charge < -0.3 is 10.4 Å². The Morgan fingerprint density at radius 3 is 2.32 bits per heavy atom. The molecule has 0 atom stereocenters. The minimum Gasteiger partial charge on any atom is -0.481 e. The molecule has 1 heterocycles. The van der Waals surface area contributed by atoms with Gasteiger partial charge in [-0.25, -0.2) is 0 Å². The smallest absolute Gasteiger partial charge is 0.306 e. The number of nitrogens with zero attached hydrogens (tertiary/aromatic N) is 1. The van der Waals surface area contributed by atoms with E-state index in [1.54, 1.807) is 0 Å². The van der Waals surface area contributed by atoms with Crippen LogP contribution in [0.4, 0.5) is 5.69 Å². The maximum Gasteiger partial charge on any atom is 0.306 e. The molecule has 1 aromatic rings. The minimum atomic E-state index is -0.772. The van der Waals surface area contributed by atoms with Crippen LogP contribution in [0.2, 0.25) is 15.1 Å². The van der Waals surface area contributed by atoms with Crippen LogP contribution in [0, 0.1) is 5.92 Å². The number of carboxylic acid groups (broad SMARTS) is 1. The Bertz CT molecular complexity index is 587. The fraction of sp³-hybridized carbons (Fsp3) is 0.429. The van der Waals surface area contributed by atoms with Crippen LogP contribution in [-0.4, -0.2) is 41.5 Å². The van der Waals surface area contributed by atoms with Crippen LogP contribution < -0.4 is 5.32 Å². The maximum atomic E-state index is 12.0. The average molecular weight is 366 g/mol. The van der Waals surface area contributed by atoms with Crippen molar-refractivity contribution in [2.24, 2.45) is 5.92 Å². The Hall–Kier alpha value is -1.01. The van der Waals surface area contributed by atoms with Gasteiger partial charge in [-0.05, 0) is 38.1 Å². The van der Waals surface area contributed by atoms with Gasteiger partial charge in [0, 0.05) is 0 Å². The van der Waals surface area contributed by atoms with Gasteiger partial charge in [0.2, 0.25) is 5.91 Å². The molecule has 1 fully saturated rings. The van der Waals surface area contributed by atoms with Gasteiger partial charge >= 0.3 is 5.97 Å². The molecule has 0 bridgehead atoms. The number of likely N-dealkylation sites (tertiary alicyclic amines) is 1. The van der Waals surface area contributed by atoms with E-state index in [0.29, 0.717) is 46.7 Å². The van der Waals surface area contributed by atoms with E-state index in [-0.39, 0.29) is 18.4 Å². The summed E-state index contributed by atoms with van der Waals surface area (Å²) in [6.07, 6.45) is 1.10. The molecular formula is C14H15Cl3N2O3. The molecule has 1 aromatic carbocycles. The third-order valence-electron chi connectivity index (χ3n) is 3.59. The minimum absolute atomic E-state index is 0.183.